The van der Waals surface area contributed by atoms with Gasteiger partial charge in [-0.1, -0.05) is 0 Å². The first-order chi connectivity index (χ1) is 9.72. The second-order valence-corrected chi connectivity index (χ2v) is 3.95. The highest BCUT2D eigenvalue weighted by Gasteiger charge is 2.16. The Hall–Kier alpha value is -2.96. The Morgan fingerprint density at radius 2 is 1.95 bits per heavy atom. The number of amides is 3. The van der Waals surface area contributed by atoms with Gasteiger partial charge < -0.3 is 19.2 Å². The highest BCUT2D eigenvalue weighted by molar-refractivity contribution is 6.06. The highest BCUT2D eigenvalue weighted by Crippen LogP contribution is 2.34. The van der Waals surface area contributed by atoms with Gasteiger partial charge in [-0.15, -0.1) is 0 Å². The average Bonchev–Trinajstić information content (AvgIpc) is 3.09. The maximum Gasteiger partial charge on any atom is 0.326 e. The summed E-state index contributed by atoms with van der Waals surface area (Å²) >= 11 is 0. The van der Waals surface area contributed by atoms with Crippen LogP contribution in [0.1, 0.15) is 10.6 Å². The van der Waals surface area contributed by atoms with E-state index in [9.17, 15) is 9.59 Å². The zero-order valence-corrected chi connectivity index (χ0v) is 10.2. The first-order valence-corrected chi connectivity index (χ1v) is 5.78. The van der Waals surface area contributed by atoms with Crippen LogP contribution in [-0.2, 0) is 0 Å². The Morgan fingerprint density at radius 3 is 2.75 bits per heavy atom. The zero-order chi connectivity index (χ0) is 13.9. The number of imide groups is 1. The summed E-state index contributed by atoms with van der Waals surface area (Å²) in [5.41, 5.74) is 0.485. The van der Waals surface area contributed by atoms with Gasteiger partial charge in [-0.25, -0.2) is 4.79 Å². The second-order valence-electron chi connectivity index (χ2n) is 3.95. The summed E-state index contributed by atoms with van der Waals surface area (Å²) in [7, 11) is 0. The maximum atomic E-state index is 11.7. The van der Waals surface area contributed by atoms with Crippen LogP contribution in [-0.4, -0.2) is 18.7 Å². The number of furan rings is 1. The fraction of sp³-hybridized carbons (Fsp3) is 0.0769. The molecule has 2 N–H and O–H groups in total. The maximum absolute atomic E-state index is 11.7. The Balaban J connectivity index is 1.63. The highest BCUT2D eigenvalue weighted by atomic mass is 16.7. The number of rotatable bonds is 2. The molecule has 0 fully saturated rings. The van der Waals surface area contributed by atoms with E-state index in [-0.39, 0.29) is 12.6 Å². The van der Waals surface area contributed by atoms with Crippen LogP contribution in [0, 0.1) is 0 Å². The second kappa shape index (κ2) is 4.96. The van der Waals surface area contributed by atoms with Crippen LogP contribution in [0.3, 0.4) is 0 Å². The van der Waals surface area contributed by atoms with Crippen molar-refractivity contribution in [3.05, 3.63) is 42.4 Å². The molecular formula is C13H10N2O5. The Bertz CT molecular complexity index is 651. The van der Waals surface area contributed by atoms with Gasteiger partial charge in [0.05, 0.1) is 6.26 Å². The minimum atomic E-state index is -0.662. The summed E-state index contributed by atoms with van der Waals surface area (Å²) < 4.78 is 15.2. The average molecular weight is 274 g/mol. The minimum Gasteiger partial charge on any atom is -0.459 e. The van der Waals surface area contributed by atoms with Crippen LogP contribution in [0.5, 0.6) is 11.5 Å². The molecule has 1 aromatic heterocycles. The largest absolute Gasteiger partial charge is 0.459 e. The predicted molar refractivity (Wildman–Crippen MR) is 67.8 cm³/mol. The van der Waals surface area contributed by atoms with Gasteiger partial charge in [0.15, 0.2) is 17.3 Å². The van der Waals surface area contributed by atoms with Crippen LogP contribution in [0.15, 0.2) is 41.0 Å². The van der Waals surface area contributed by atoms with Crippen LogP contribution < -0.4 is 20.1 Å². The number of anilines is 1. The van der Waals surface area contributed by atoms with Crippen molar-refractivity contribution in [1.82, 2.24) is 5.32 Å². The van der Waals surface area contributed by atoms with E-state index in [0.717, 1.165) is 0 Å². The van der Waals surface area contributed by atoms with Gasteiger partial charge in [-0.2, -0.15) is 0 Å². The SMILES string of the molecule is O=C(NC(=O)c1ccco1)Nc1ccc2c(c1)OCO2. The molecule has 2 aromatic rings. The molecule has 1 aromatic carbocycles. The normalized spacial score (nSPS) is 12.0. The lowest BCUT2D eigenvalue weighted by Crippen LogP contribution is -2.34. The molecule has 20 heavy (non-hydrogen) atoms. The predicted octanol–water partition coefficient (Wildman–Crippen LogP) is 1.97. The van der Waals surface area contributed by atoms with Crippen molar-refractivity contribution in [3.63, 3.8) is 0 Å². The van der Waals surface area contributed by atoms with Crippen LogP contribution in [0.25, 0.3) is 0 Å². The summed E-state index contributed by atoms with van der Waals surface area (Å²) in [6.07, 6.45) is 1.35. The van der Waals surface area contributed by atoms with Gasteiger partial charge in [0.1, 0.15) is 0 Å². The van der Waals surface area contributed by atoms with E-state index in [1.54, 1.807) is 24.3 Å². The van der Waals surface area contributed by atoms with Gasteiger partial charge in [0.2, 0.25) is 6.79 Å². The van der Waals surface area contributed by atoms with Gasteiger partial charge in [0, 0.05) is 11.8 Å². The van der Waals surface area contributed by atoms with E-state index >= 15 is 0 Å². The fourth-order valence-corrected chi connectivity index (χ4v) is 1.71. The van der Waals surface area contributed by atoms with E-state index in [4.69, 9.17) is 13.9 Å². The molecule has 7 nitrogen and oxygen atoms in total. The number of benzene rings is 1. The Kier molecular flexibility index (Phi) is 3.00. The molecule has 1 aliphatic rings. The molecular weight excluding hydrogens is 264 g/mol. The van der Waals surface area contributed by atoms with Gasteiger partial charge in [-0.05, 0) is 24.3 Å². The van der Waals surface area contributed by atoms with Crippen molar-refractivity contribution in [3.8, 4) is 11.5 Å². The van der Waals surface area contributed by atoms with Gasteiger partial charge in [0.25, 0.3) is 5.91 Å². The number of ether oxygens (including phenoxy) is 2. The first-order valence-electron chi connectivity index (χ1n) is 5.78. The van der Waals surface area contributed by atoms with Crippen molar-refractivity contribution >= 4 is 17.6 Å². The van der Waals surface area contributed by atoms with Crippen molar-refractivity contribution < 1.29 is 23.5 Å². The zero-order valence-electron chi connectivity index (χ0n) is 10.2. The summed E-state index contributed by atoms with van der Waals surface area (Å²) in [6, 6.07) is 7.29. The Morgan fingerprint density at radius 1 is 1.10 bits per heavy atom. The van der Waals surface area contributed by atoms with Crippen molar-refractivity contribution in [2.75, 3.05) is 12.1 Å². The van der Waals surface area contributed by atoms with Crippen LogP contribution in [0.4, 0.5) is 10.5 Å². The lowest BCUT2D eigenvalue weighted by molar-refractivity contribution is 0.0940. The van der Waals surface area contributed by atoms with Crippen molar-refractivity contribution in [2.24, 2.45) is 0 Å². The summed E-state index contributed by atoms with van der Waals surface area (Å²) in [6.45, 7) is 0.155. The quantitative estimate of drug-likeness (QED) is 0.873. The molecule has 3 rings (SSSR count). The third-order valence-electron chi connectivity index (χ3n) is 2.60. The van der Waals surface area contributed by atoms with E-state index in [2.05, 4.69) is 10.6 Å². The molecule has 1 aliphatic heterocycles. The number of hydrogen-bond acceptors (Lipinski definition) is 5. The molecule has 0 bridgehead atoms. The van der Waals surface area contributed by atoms with Crippen LogP contribution >= 0.6 is 0 Å². The lowest BCUT2D eigenvalue weighted by Gasteiger charge is -2.06. The number of urea groups is 1. The minimum absolute atomic E-state index is 0.0610. The van der Waals surface area contributed by atoms with Crippen LogP contribution in [0.2, 0.25) is 0 Å². The molecule has 0 atom stereocenters. The van der Waals surface area contributed by atoms with Gasteiger partial charge in [-0.3, -0.25) is 10.1 Å². The van der Waals surface area contributed by atoms with E-state index < -0.39 is 11.9 Å². The smallest absolute Gasteiger partial charge is 0.326 e. The third-order valence-corrected chi connectivity index (χ3v) is 2.60. The standard InChI is InChI=1S/C13H10N2O5/c16-12(10-2-1-5-18-10)15-13(17)14-8-3-4-9-11(6-8)20-7-19-9/h1-6H,7H2,(H2,14,15,16,17). The molecule has 0 unspecified atom stereocenters. The molecule has 3 amide bonds. The molecule has 0 spiro atoms. The number of fused-ring (bicyclic) bond motifs is 1. The molecule has 7 heteroatoms. The Labute approximate surface area is 113 Å². The fourth-order valence-electron chi connectivity index (χ4n) is 1.71. The number of nitrogens with one attached hydrogen (secondary N) is 2. The number of hydrogen-bond donors (Lipinski definition) is 2. The van der Waals surface area contributed by atoms with Crippen molar-refractivity contribution in [2.45, 2.75) is 0 Å². The molecule has 0 radical (unpaired) electrons. The van der Waals surface area contributed by atoms with E-state index in [1.807, 2.05) is 0 Å². The third kappa shape index (κ3) is 2.41. The molecule has 0 saturated heterocycles. The summed E-state index contributed by atoms with van der Waals surface area (Å²) in [4.78, 5) is 23.2. The summed E-state index contributed by atoms with van der Waals surface area (Å²) in [5, 5.41) is 4.66. The first kappa shape index (κ1) is 12.1. The number of carbonyl (C=O) groups is 2. The van der Waals surface area contributed by atoms with Crippen molar-refractivity contribution in [1.29, 1.82) is 0 Å². The summed E-state index contributed by atoms with van der Waals surface area (Å²) in [5.74, 6) is 0.599. The molecule has 0 saturated carbocycles. The molecule has 102 valence electrons. The van der Waals surface area contributed by atoms with E-state index in [0.29, 0.717) is 17.2 Å². The monoisotopic (exact) mass is 274 g/mol. The van der Waals surface area contributed by atoms with E-state index in [1.165, 1.54) is 12.3 Å². The topological polar surface area (TPSA) is 89.8 Å². The molecule has 0 aliphatic carbocycles. The molecule has 2 heterocycles. The van der Waals surface area contributed by atoms with Gasteiger partial charge >= 0.3 is 6.03 Å². The lowest BCUT2D eigenvalue weighted by atomic mass is 10.3. The number of carbonyl (C=O) groups excluding carboxylic acids is 2.